The smallest absolute Gasteiger partial charge is 0.160 e. The molecule has 0 bridgehead atoms. The van der Waals surface area contributed by atoms with Crippen LogP contribution in [0.1, 0.15) is 25.1 Å². The molecule has 0 aliphatic carbocycles. The lowest BCUT2D eigenvalue weighted by Crippen LogP contribution is -2.23. The standard InChI is InChI=1S/C13H17N3S/c1-9(2)14-7-12-10(3)6-15-13(16-12)11-4-5-17-8-11/h4-6,8-9,14H,7H2,1-3H3. The number of nitrogens with zero attached hydrogens (tertiary/aromatic N) is 2. The van der Waals surface area contributed by atoms with Gasteiger partial charge in [-0.25, -0.2) is 9.97 Å². The van der Waals surface area contributed by atoms with Gasteiger partial charge >= 0.3 is 0 Å². The van der Waals surface area contributed by atoms with Crippen LogP contribution in [0.4, 0.5) is 0 Å². The van der Waals surface area contributed by atoms with E-state index < -0.39 is 0 Å². The summed E-state index contributed by atoms with van der Waals surface area (Å²) in [7, 11) is 0. The zero-order valence-corrected chi connectivity index (χ0v) is 11.2. The molecule has 0 saturated heterocycles. The highest BCUT2D eigenvalue weighted by Crippen LogP contribution is 2.19. The van der Waals surface area contributed by atoms with Crippen molar-refractivity contribution >= 4 is 11.3 Å². The molecule has 0 fully saturated rings. The lowest BCUT2D eigenvalue weighted by molar-refractivity contribution is 0.579. The molecule has 0 aliphatic rings. The minimum atomic E-state index is 0.467. The molecule has 0 spiro atoms. The molecule has 2 heterocycles. The molecular formula is C13H17N3S. The van der Waals surface area contributed by atoms with E-state index in [1.165, 1.54) is 0 Å². The molecule has 17 heavy (non-hydrogen) atoms. The first-order chi connectivity index (χ1) is 8.16. The summed E-state index contributed by atoms with van der Waals surface area (Å²) in [5.74, 6) is 0.817. The Kier molecular flexibility index (Phi) is 3.86. The molecule has 90 valence electrons. The maximum absolute atomic E-state index is 4.62. The average Bonchev–Trinajstić information content (AvgIpc) is 2.81. The fourth-order valence-corrected chi connectivity index (χ4v) is 2.12. The van der Waals surface area contributed by atoms with Crippen LogP contribution in [0.25, 0.3) is 11.4 Å². The van der Waals surface area contributed by atoms with Crippen molar-refractivity contribution in [2.24, 2.45) is 0 Å². The highest BCUT2D eigenvalue weighted by atomic mass is 32.1. The molecule has 0 aliphatic heterocycles. The first-order valence-electron chi connectivity index (χ1n) is 5.75. The molecule has 0 radical (unpaired) electrons. The predicted octanol–water partition coefficient (Wildman–Crippen LogP) is 3.01. The molecule has 2 aromatic rings. The van der Waals surface area contributed by atoms with Gasteiger partial charge in [0.25, 0.3) is 0 Å². The first kappa shape index (κ1) is 12.2. The zero-order chi connectivity index (χ0) is 12.3. The van der Waals surface area contributed by atoms with Crippen LogP contribution in [-0.2, 0) is 6.54 Å². The molecule has 0 saturated carbocycles. The van der Waals surface area contributed by atoms with Gasteiger partial charge in [-0.2, -0.15) is 11.3 Å². The Bertz CT molecular complexity index is 477. The minimum Gasteiger partial charge on any atom is -0.309 e. The highest BCUT2D eigenvalue weighted by Gasteiger charge is 2.06. The van der Waals surface area contributed by atoms with Crippen LogP contribution in [0.2, 0.25) is 0 Å². The number of hydrogen-bond donors (Lipinski definition) is 1. The Hall–Kier alpha value is -1.26. The van der Waals surface area contributed by atoms with Crippen LogP contribution >= 0.6 is 11.3 Å². The number of aryl methyl sites for hydroxylation is 1. The minimum absolute atomic E-state index is 0.467. The topological polar surface area (TPSA) is 37.8 Å². The Morgan fingerprint density at radius 2 is 2.24 bits per heavy atom. The van der Waals surface area contributed by atoms with Gasteiger partial charge in [0.05, 0.1) is 5.69 Å². The van der Waals surface area contributed by atoms with Crippen LogP contribution in [0.3, 0.4) is 0 Å². The number of thiophene rings is 1. The largest absolute Gasteiger partial charge is 0.309 e. The lowest BCUT2D eigenvalue weighted by Gasteiger charge is -2.10. The maximum atomic E-state index is 4.62. The number of rotatable bonds is 4. The van der Waals surface area contributed by atoms with Gasteiger partial charge in [-0.3, -0.25) is 0 Å². The third-order valence-electron chi connectivity index (χ3n) is 2.53. The summed E-state index contributed by atoms with van der Waals surface area (Å²) in [6.07, 6.45) is 1.90. The van der Waals surface area contributed by atoms with Gasteiger partial charge in [-0.1, -0.05) is 13.8 Å². The second kappa shape index (κ2) is 5.38. The summed E-state index contributed by atoms with van der Waals surface area (Å²) in [5, 5.41) is 7.51. The third kappa shape index (κ3) is 3.11. The van der Waals surface area contributed by atoms with E-state index in [1.807, 2.05) is 11.6 Å². The van der Waals surface area contributed by atoms with E-state index in [1.54, 1.807) is 11.3 Å². The van der Waals surface area contributed by atoms with E-state index in [2.05, 4.69) is 47.5 Å². The van der Waals surface area contributed by atoms with Gasteiger partial charge in [-0.05, 0) is 23.9 Å². The molecule has 0 aromatic carbocycles. The van der Waals surface area contributed by atoms with Crippen LogP contribution in [0, 0.1) is 6.92 Å². The van der Waals surface area contributed by atoms with Gasteiger partial charge in [0.15, 0.2) is 5.82 Å². The molecule has 0 atom stereocenters. The third-order valence-corrected chi connectivity index (χ3v) is 3.22. The van der Waals surface area contributed by atoms with Crippen LogP contribution in [-0.4, -0.2) is 16.0 Å². The van der Waals surface area contributed by atoms with Crippen LogP contribution in [0.15, 0.2) is 23.0 Å². The molecule has 0 unspecified atom stereocenters. The van der Waals surface area contributed by atoms with E-state index >= 15 is 0 Å². The van der Waals surface area contributed by atoms with Crippen molar-refractivity contribution in [2.75, 3.05) is 0 Å². The Balaban J connectivity index is 2.23. The quantitative estimate of drug-likeness (QED) is 0.902. The van der Waals surface area contributed by atoms with Gasteiger partial charge in [0.1, 0.15) is 0 Å². The van der Waals surface area contributed by atoms with Crippen molar-refractivity contribution in [3.8, 4) is 11.4 Å². The molecule has 1 N–H and O–H groups in total. The number of aromatic nitrogens is 2. The fraction of sp³-hybridized carbons (Fsp3) is 0.385. The van der Waals surface area contributed by atoms with Gasteiger partial charge in [-0.15, -0.1) is 0 Å². The SMILES string of the molecule is Cc1cnc(-c2ccsc2)nc1CNC(C)C. The Morgan fingerprint density at radius 1 is 1.41 bits per heavy atom. The van der Waals surface area contributed by atoms with Gasteiger partial charge in [0.2, 0.25) is 0 Å². The van der Waals surface area contributed by atoms with Crippen molar-refractivity contribution < 1.29 is 0 Å². The normalized spacial score (nSPS) is 11.1. The Morgan fingerprint density at radius 3 is 2.88 bits per heavy atom. The lowest BCUT2D eigenvalue weighted by atomic mass is 10.2. The van der Waals surface area contributed by atoms with Crippen LogP contribution in [0.5, 0.6) is 0 Å². The summed E-state index contributed by atoms with van der Waals surface area (Å²) in [6.45, 7) is 7.12. The van der Waals surface area contributed by atoms with E-state index in [4.69, 9.17) is 0 Å². The summed E-state index contributed by atoms with van der Waals surface area (Å²) in [5.41, 5.74) is 3.31. The molecule has 2 aromatic heterocycles. The Labute approximate surface area is 106 Å². The van der Waals surface area contributed by atoms with Crippen molar-refractivity contribution in [3.05, 3.63) is 34.3 Å². The predicted molar refractivity (Wildman–Crippen MR) is 72.1 cm³/mol. The van der Waals surface area contributed by atoms with Crippen molar-refractivity contribution in [2.45, 2.75) is 33.4 Å². The summed E-state index contributed by atoms with van der Waals surface area (Å²) in [4.78, 5) is 9.00. The van der Waals surface area contributed by atoms with Crippen molar-refractivity contribution in [3.63, 3.8) is 0 Å². The van der Waals surface area contributed by atoms with Crippen molar-refractivity contribution in [1.29, 1.82) is 0 Å². The molecule has 4 heteroatoms. The summed E-state index contributed by atoms with van der Waals surface area (Å²) in [6, 6.07) is 2.52. The van der Waals surface area contributed by atoms with E-state index in [9.17, 15) is 0 Å². The fourth-order valence-electron chi connectivity index (χ4n) is 1.49. The summed E-state index contributed by atoms with van der Waals surface area (Å²) >= 11 is 1.67. The van der Waals surface area contributed by atoms with E-state index in [-0.39, 0.29) is 0 Å². The summed E-state index contributed by atoms with van der Waals surface area (Å²) < 4.78 is 0. The number of nitrogens with one attached hydrogen (secondary N) is 1. The molecule has 2 rings (SSSR count). The molecule has 3 nitrogen and oxygen atoms in total. The molecule has 0 amide bonds. The van der Waals surface area contributed by atoms with E-state index in [0.29, 0.717) is 6.04 Å². The highest BCUT2D eigenvalue weighted by molar-refractivity contribution is 7.08. The van der Waals surface area contributed by atoms with Crippen LogP contribution < -0.4 is 5.32 Å². The number of hydrogen-bond acceptors (Lipinski definition) is 4. The van der Waals surface area contributed by atoms with E-state index in [0.717, 1.165) is 29.2 Å². The van der Waals surface area contributed by atoms with Crippen molar-refractivity contribution in [1.82, 2.24) is 15.3 Å². The zero-order valence-electron chi connectivity index (χ0n) is 10.4. The van der Waals surface area contributed by atoms with Gasteiger partial charge in [0, 0.05) is 29.7 Å². The molecular weight excluding hydrogens is 230 g/mol. The second-order valence-corrected chi connectivity index (χ2v) is 5.15. The average molecular weight is 247 g/mol. The first-order valence-corrected chi connectivity index (χ1v) is 6.69. The van der Waals surface area contributed by atoms with Gasteiger partial charge < -0.3 is 5.32 Å². The monoisotopic (exact) mass is 247 g/mol. The maximum Gasteiger partial charge on any atom is 0.160 e. The second-order valence-electron chi connectivity index (χ2n) is 4.37.